The van der Waals surface area contributed by atoms with Gasteiger partial charge in [0.05, 0.1) is 13.2 Å². The van der Waals surface area contributed by atoms with Gasteiger partial charge in [0, 0.05) is 23.0 Å². The molecule has 0 spiro atoms. The van der Waals surface area contributed by atoms with E-state index >= 15 is 0 Å². The summed E-state index contributed by atoms with van der Waals surface area (Å²) in [6.45, 7) is 0. The summed E-state index contributed by atoms with van der Waals surface area (Å²) in [7, 11) is 3.56. The van der Waals surface area contributed by atoms with Gasteiger partial charge in [0.15, 0.2) is 0 Å². The number of hydrogen-bond acceptors (Lipinski definition) is 3. The van der Waals surface area contributed by atoms with Gasteiger partial charge in [-0.3, -0.25) is 4.98 Å². The van der Waals surface area contributed by atoms with Gasteiger partial charge >= 0.3 is 0 Å². The van der Waals surface area contributed by atoms with Gasteiger partial charge in [0.1, 0.15) is 5.75 Å². The lowest BCUT2D eigenvalue weighted by atomic mass is 9.99. The van der Waals surface area contributed by atoms with Gasteiger partial charge in [-0.25, -0.2) is 0 Å². The number of hydrogen-bond donors (Lipinski definition) is 1. The topological polar surface area (TPSA) is 34.2 Å². The number of ether oxygens (including phenoxy) is 1. The molecule has 2 aromatic rings. The van der Waals surface area contributed by atoms with Crippen LogP contribution < -0.4 is 10.1 Å². The fourth-order valence-corrected chi connectivity index (χ4v) is 2.16. The van der Waals surface area contributed by atoms with Crippen LogP contribution in [-0.4, -0.2) is 19.1 Å². The molecule has 1 aromatic carbocycles. The highest BCUT2D eigenvalue weighted by Gasteiger charge is 2.17. The summed E-state index contributed by atoms with van der Waals surface area (Å²) in [5.74, 6) is 0.808. The third kappa shape index (κ3) is 2.63. The molecule has 0 amide bonds. The largest absolute Gasteiger partial charge is 0.496 e. The standard InChI is InChI=1S/C14H15ClN2O/c1-16-14(10-4-3-7-17-9-10)12-8-11(15)5-6-13(12)18-2/h3-9,14,16H,1-2H3. The first kappa shape index (κ1) is 12.9. The van der Waals surface area contributed by atoms with Crippen LogP contribution in [0, 0.1) is 0 Å². The minimum absolute atomic E-state index is 0.00681. The predicted molar refractivity (Wildman–Crippen MR) is 73.1 cm³/mol. The highest BCUT2D eigenvalue weighted by molar-refractivity contribution is 6.30. The van der Waals surface area contributed by atoms with Crippen molar-refractivity contribution in [3.8, 4) is 5.75 Å². The lowest BCUT2D eigenvalue weighted by Gasteiger charge is -2.19. The molecule has 1 N–H and O–H groups in total. The number of aromatic nitrogens is 1. The molecule has 1 unspecified atom stereocenters. The zero-order valence-electron chi connectivity index (χ0n) is 10.4. The molecule has 0 aliphatic rings. The van der Waals surface area contributed by atoms with Gasteiger partial charge in [-0.2, -0.15) is 0 Å². The molecule has 0 radical (unpaired) electrons. The summed E-state index contributed by atoms with van der Waals surface area (Å²) >= 11 is 6.06. The Morgan fingerprint density at radius 1 is 1.33 bits per heavy atom. The molecular formula is C14H15ClN2O. The third-order valence-electron chi connectivity index (χ3n) is 2.81. The summed E-state index contributed by atoms with van der Waals surface area (Å²) in [5, 5.41) is 3.95. The Balaban J connectivity index is 2.48. The number of nitrogens with one attached hydrogen (secondary N) is 1. The van der Waals surface area contributed by atoms with Crippen molar-refractivity contribution in [2.24, 2.45) is 0 Å². The molecule has 0 bridgehead atoms. The van der Waals surface area contributed by atoms with Gasteiger partial charge in [-0.1, -0.05) is 17.7 Å². The first-order chi connectivity index (χ1) is 8.76. The van der Waals surface area contributed by atoms with Crippen LogP contribution in [0.25, 0.3) is 0 Å². The SMILES string of the molecule is CNC(c1cccnc1)c1cc(Cl)ccc1OC. The van der Waals surface area contributed by atoms with Gasteiger partial charge in [-0.05, 0) is 36.9 Å². The number of nitrogens with zero attached hydrogens (tertiary/aromatic N) is 1. The summed E-state index contributed by atoms with van der Waals surface area (Å²) in [4.78, 5) is 4.14. The normalized spacial score (nSPS) is 12.2. The number of rotatable bonds is 4. The van der Waals surface area contributed by atoms with E-state index < -0.39 is 0 Å². The molecule has 0 saturated heterocycles. The number of pyridine rings is 1. The van der Waals surface area contributed by atoms with Crippen molar-refractivity contribution >= 4 is 11.6 Å². The minimum atomic E-state index is 0.00681. The van der Waals surface area contributed by atoms with Gasteiger partial charge in [-0.15, -0.1) is 0 Å². The average Bonchev–Trinajstić information content (AvgIpc) is 2.41. The number of benzene rings is 1. The van der Waals surface area contributed by atoms with Crippen LogP contribution in [0.4, 0.5) is 0 Å². The third-order valence-corrected chi connectivity index (χ3v) is 3.04. The van der Waals surface area contributed by atoms with E-state index in [1.165, 1.54) is 0 Å². The molecule has 1 atom stereocenters. The summed E-state index contributed by atoms with van der Waals surface area (Å²) in [6, 6.07) is 9.55. The molecule has 3 nitrogen and oxygen atoms in total. The lowest BCUT2D eigenvalue weighted by Crippen LogP contribution is -2.18. The van der Waals surface area contributed by atoms with E-state index in [0.717, 1.165) is 16.9 Å². The van der Waals surface area contributed by atoms with Crippen molar-refractivity contribution in [1.29, 1.82) is 0 Å². The first-order valence-corrected chi connectivity index (χ1v) is 6.04. The molecule has 0 saturated carbocycles. The Morgan fingerprint density at radius 3 is 2.78 bits per heavy atom. The van der Waals surface area contributed by atoms with E-state index in [0.29, 0.717) is 5.02 Å². The number of halogens is 1. The Bertz CT molecular complexity index is 516. The molecule has 18 heavy (non-hydrogen) atoms. The van der Waals surface area contributed by atoms with Gasteiger partial charge < -0.3 is 10.1 Å². The summed E-state index contributed by atoms with van der Waals surface area (Å²) < 4.78 is 5.39. The number of methoxy groups -OCH3 is 1. The van der Waals surface area contributed by atoms with Crippen molar-refractivity contribution in [2.75, 3.05) is 14.2 Å². The van der Waals surface area contributed by atoms with Gasteiger partial charge in [0.25, 0.3) is 0 Å². The highest BCUT2D eigenvalue weighted by atomic mass is 35.5. The fourth-order valence-electron chi connectivity index (χ4n) is 1.98. The minimum Gasteiger partial charge on any atom is -0.496 e. The highest BCUT2D eigenvalue weighted by Crippen LogP contribution is 2.31. The molecule has 2 rings (SSSR count). The van der Waals surface area contributed by atoms with Crippen molar-refractivity contribution in [2.45, 2.75) is 6.04 Å². The zero-order valence-corrected chi connectivity index (χ0v) is 11.1. The Kier molecular flexibility index (Phi) is 4.18. The zero-order chi connectivity index (χ0) is 13.0. The van der Waals surface area contributed by atoms with E-state index in [1.807, 2.05) is 43.6 Å². The van der Waals surface area contributed by atoms with Crippen molar-refractivity contribution in [1.82, 2.24) is 10.3 Å². The summed E-state index contributed by atoms with van der Waals surface area (Å²) in [5.41, 5.74) is 2.07. The Morgan fingerprint density at radius 2 is 2.17 bits per heavy atom. The smallest absolute Gasteiger partial charge is 0.124 e. The second-order valence-electron chi connectivity index (χ2n) is 3.89. The van der Waals surface area contributed by atoms with Crippen LogP contribution in [-0.2, 0) is 0 Å². The maximum atomic E-state index is 6.06. The van der Waals surface area contributed by atoms with E-state index in [9.17, 15) is 0 Å². The van der Waals surface area contributed by atoms with Crippen molar-refractivity contribution in [3.05, 3.63) is 58.9 Å². The maximum Gasteiger partial charge on any atom is 0.124 e. The molecule has 4 heteroatoms. The molecule has 94 valence electrons. The second kappa shape index (κ2) is 5.85. The van der Waals surface area contributed by atoms with Crippen LogP contribution in [0.1, 0.15) is 17.2 Å². The van der Waals surface area contributed by atoms with Crippen LogP contribution in [0.3, 0.4) is 0 Å². The van der Waals surface area contributed by atoms with Crippen LogP contribution in [0.5, 0.6) is 5.75 Å². The van der Waals surface area contributed by atoms with E-state index in [-0.39, 0.29) is 6.04 Å². The average molecular weight is 263 g/mol. The quantitative estimate of drug-likeness (QED) is 0.920. The second-order valence-corrected chi connectivity index (χ2v) is 4.33. The van der Waals surface area contributed by atoms with Crippen molar-refractivity contribution < 1.29 is 4.74 Å². The van der Waals surface area contributed by atoms with Crippen molar-refractivity contribution in [3.63, 3.8) is 0 Å². The Hall–Kier alpha value is -1.58. The van der Waals surface area contributed by atoms with Crippen LogP contribution in [0.2, 0.25) is 5.02 Å². The maximum absolute atomic E-state index is 6.06. The molecule has 0 aliphatic carbocycles. The first-order valence-electron chi connectivity index (χ1n) is 5.67. The molecule has 0 aliphatic heterocycles. The molecule has 1 heterocycles. The lowest BCUT2D eigenvalue weighted by molar-refractivity contribution is 0.405. The Labute approximate surface area is 112 Å². The monoisotopic (exact) mass is 262 g/mol. The fraction of sp³-hybridized carbons (Fsp3) is 0.214. The van der Waals surface area contributed by atoms with E-state index in [2.05, 4.69) is 10.3 Å². The summed E-state index contributed by atoms with van der Waals surface area (Å²) in [6.07, 6.45) is 3.59. The van der Waals surface area contributed by atoms with E-state index in [4.69, 9.17) is 16.3 Å². The molecule has 0 fully saturated rings. The van der Waals surface area contributed by atoms with Gasteiger partial charge in [0.2, 0.25) is 0 Å². The van der Waals surface area contributed by atoms with Crippen LogP contribution in [0.15, 0.2) is 42.7 Å². The van der Waals surface area contributed by atoms with E-state index in [1.54, 1.807) is 13.3 Å². The van der Waals surface area contributed by atoms with Crippen LogP contribution >= 0.6 is 11.6 Å². The predicted octanol–water partition coefficient (Wildman–Crippen LogP) is 3.05. The molecular weight excluding hydrogens is 248 g/mol. The molecule has 1 aromatic heterocycles.